The standard InChI is InChI=1S/C10H20N2O2/c11-6-7-12-10(13)5-4-9-3-1-2-8-14-9/h9H,1-8,11H2,(H,12,13). The molecule has 1 atom stereocenters. The molecule has 3 N–H and O–H groups in total. The van der Waals surface area contributed by atoms with E-state index in [1.807, 2.05) is 0 Å². The molecule has 0 aromatic heterocycles. The van der Waals surface area contributed by atoms with Crippen molar-refractivity contribution in [2.75, 3.05) is 19.7 Å². The summed E-state index contributed by atoms with van der Waals surface area (Å²) in [5, 5.41) is 2.75. The first-order chi connectivity index (χ1) is 6.83. The lowest BCUT2D eigenvalue weighted by Gasteiger charge is -2.22. The second-order valence-electron chi connectivity index (χ2n) is 3.67. The van der Waals surface area contributed by atoms with Gasteiger partial charge in [0.05, 0.1) is 6.10 Å². The molecule has 4 heteroatoms. The average Bonchev–Trinajstić information content (AvgIpc) is 2.25. The van der Waals surface area contributed by atoms with Crippen LogP contribution in [0.4, 0.5) is 0 Å². The van der Waals surface area contributed by atoms with Crippen molar-refractivity contribution in [3.8, 4) is 0 Å². The molecule has 1 saturated heterocycles. The highest BCUT2D eigenvalue weighted by molar-refractivity contribution is 5.75. The molecule has 1 aliphatic rings. The van der Waals surface area contributed by atoms with Crippen LogP contribution < -0.4 is 11.1 Å². The van der Waals surface area contributed by atoms with Crippen LogP contribution in [0.15, 0.2) is 0 Å². The van der Waals surface area contributed by atoms with Crippen LogP contribution in [-0.4, -0.2) is 31.7 Å². The van der Waals surface area contributed by atoms with E-state index >= 15 is 0 Å². The largest absolute Gasteiger partial charge is 0.378 e. The molecule has 0 spiro atoms. The molecule has 0 aliphatic carbocycles. The van der Waals surface area contributed by atoms with E-state index in [2.05, 4.69) is 5.32 Å². The third kappa shape index (κ3) is 4.58. The summed E-state index contributed by atoms with van der Waals surface area (Å²) in [6.07, 6.45) is 5.20. The molecule has 82 valence electrons. The highest BCUT2D eigenvalue weighted by atomic mass is 16.5. The zero-order valence-corrected chi connectivity index (χ0v) is 8.63. The first-order valence-corrected chi connectivity index (χ1v) is 5.41. The molecule has 1 heterocycles. The number of ether oxygens (including phenoxy) is 1. The smallest absolute Gasteiger partial charge is 0.220 e. The van der Waals surface area contributed by atoms with E-state index in [4.69, 9.17) is 10.5 Å². The maximum Gasteiger partial charge on any atom is 0.220 e. The predicted octanol–water partition coefficient (Wildman–Crippen LogP) is 0.411. The lowest BCUT2D eigenvalue weighted by Crippen LogP contribution is -2.30. The molecular formula is C10H20N2O2. The molecule has 0 bridgehead atoms. The van der Waals surface area contributed by atoms with Gasteiger partial charge in [0.2, 0.25) is 5.91 Å². The summed E-state index contributed by atoms with van der Waals surface area (Å²) in [5.74, 6) is 0.0876. The number of nitrogens with two attached hydrogens (primary N) is 1. The van der Waals surface area contributed by atoms with Crippen LogP contribution in [0, 0.1) is 0 Å². The van der Waals surface area contributed by atoms with Gasteiger partial charge in [-0.25, -0.2) is 0 Å². The lowest BCUT2D eigenvalue weighted by atomic mass is 10.0. The molecule has 0 radical (unpaired) electrons. The number of nitrogens with one attached hydrogen (secondary N) is 1. The van der Waals surface area contributed by atoms with Crippen molar-refractivity contribution >= 4 is 5.91 Å². The first kappa shape index (κ1) is 11.5. The average molecular weight is 200 g/mol. The van der Waals surface area contributed by atoms with Crippen molar-refractivity contribution in [2.45, 2.75) is 38.2 Å². The van der Waals surface area contributed by atoms with Crippen LogP contribution in [-0.2, 0) is 9.53 Å². The van der Waals surface area contributed by atoms with Gasteiger partial charge in [-0.3, -0.25) is 4.79 Å². The predicted molar refractivity (Wildman–Crippen MR) is 54.9 cm³/mol. The van der Waals surface area contributed by atoms with Crippen LogP contribution in [0.1, 0.15) is 32.1 Å². The SMILES string of the molecule is NCCNC(=O)CCC1CCCCO1. The van der Waals surface area contributed by atoms with Crippen molar-refractivity contribution in [3.63, 3.8) is 0 Å². The summed E-state index contributed by atoms with van der Waals surface area (Å²) in [6.45, 7) is 1.94. The second-order valence-corrected chi connectivity index (χ2v) is 3.67. The van der Waals surface area contributed by atoms with Crippen molar-refractivity contribution in [1.29, 1.82) is 0 Å². The fourth-order valence-electron chi connectivity index (χ4n) is 1.63. The summed E-state index contributed by atoms with van der Waals surface area (Å²) in [5.41, 5.74) is 5.28. The molecule has 1 aliphatic heterocycles. The summed E-state index contributed by atoms with van der Waals surface area (Å²) < 4.78 is 5.53. The molecule has 1 rings (SSSR count). The minimum atomic E-state index is 0.0876. The fourth-order valence-corrected chi connectivity index (χ4v) is 1.63. The van der Waals surface area contributed by atoms with Crippen LogP contribution >= 0.6 is 0 Å². The number of carbonyl (C=O) groups is 1. The number of amides is 1. The molecule has 1 amide bonds. The van der Waals surface area contributed by atoms with Gasteiger partial charge in [0.1, 0.15) is 0 Å². The van der Waals surface area contributed by atoms with E-state index in [1.54, 1.807) is 0 Å². The Bertz CT molecular complexity index is 168. The molecule has 0 saturated carbocycles. The maximum absolute atomic E-state index is 11.2. The topological polar surface area (TPSA) is 64.3 Å². The normalized spacial score (nSPS) is 21.9. The quantitative estimate of drug-likeness (QED) is 0.675. The Morgan fingerprint density at radius 1 is 1.50 bits per heavy atom. The number of rotatable bonds is 5. The minimum Gasteiger partial charge on any atom is -0.378 e. The van der Waals surface area contributed by atoms with Crippen LogP contribution in [0.5, 0.6) is 0 Å². The Labute approximate surface area is 85.2 Å². The molecule has 14 heavy (non-hydrogen) atoms. The number of carbonyl (C=O) groups excluding carboxylic acids is 1. The summed E-state index contributed by atoms with van der Waals surface area (Å²) >= 11 is 0. The third-order valence-electron chi connectivity index (χ3n) is 2.43. The van der Waals surface area contributed by atoms with Gasteiger partial charge in [0.15, 0.2) is 0 Å². The summed E-state index contributed by atoms with van der Waals surface area (Å²) in [6, 6.07) is 0. The van der Waals surface area contributed by atoms with E-state index < -0.39 is 0 Å². The van der Waals surface area contributed by atoms with Gasteiger partial charge in [-0.15, -0.1) is 0 Å². The first-order valence-electron chi connectivity index (χ1n) is 5.41. The monoisotopic (exact) mass is 200 g/mol. The molecule has 0 aromatic rings. The van der Waals surface area contributed by atoms with Crippen molar-refractivity contribution < 1.29 is 9.53 Å². The Balaban J connectivity index is 2.03. The third-order valence-corrected chi connectivity index (χ3v) is 2.43. The van der Waals surface area contributed by atoms with Gasteiger partial charge >= 0.3 is 0 Å². The van der Waals surface area contributed by atoms with Crippen molar-refractivity contribution in [1.82, 2.24) is 5.32 Å². The molecule has 4 nitrogen and oxygen atoms in total. The Kier molecular flexibility index (Phi) is 5.56. The maximum atomic E-state index is 11.2. The van der Waals surface area contributed by atoms with Crippen LogP contribution in [0.3, 0.4) is 0 Å². The Morgan fingerprint density at radius 2 is 2.36 bits per heavy atom. The van der Waals surface area contributed by atoms with Gasteiger partial charge in [-0.05, 0) is 25.7 Å². The minimum absolute atomic E-state index is 0.0876. The summed E-state index contributed by atoms with van der Waals surface area (Å²) in [7, 11) is 0. The summed E-state index contributed by atoms with van der Waals surface area (Å²) in [4.78, 5) is 11.2. The number of hydrogen-bond donors (Lipinski definition) is 2. The van der Waals surface area contributed by atoms with Crippen molar-refractivity contribution in [3.05, 3.63) is 0 Å². The Morgan fingerprint density at radius 3 is 3.00 bits per heavy atom. The van der Waals surface area contributed by atoms with E-state index in [-0.39, 0.29) is 5.91 Å². The highest BCUT2D eigenvalue weighted by Crippen LogP contribution is 2.16. The lowest BCUT2D eigenvalue weighted by molar-refractivity contribution is -0.122. The number of hydrogen-bond acceptors (Lipinski definition) is 3. The van der Waals surface area contributed by atoms with Crippen LogP contribution in [0.25, 0.3) is 0 Å². The highest BCUT2D eigenvalue weighted by Gasteiger charge is 2.14. The molecule has 0 aromatic carbocycles. The van der Waals surface area contributed by atoms with Gasteiger partial charge in [0, 0.05) is 26.1 Å². The fraction of sp³-hybridized carbons (Fsp3) is 0.900. The van der Waals surface area contributed by atoms with E-state index in [0.29, 0.717) is 25.6 Å². The van der Waals surface area contributed by atoms with Gasteiger partial charge in [0.25, 0.3) is 0 Å². The zero-order chi connectivity index (χ0) is 10.2. The molecular weight excluding hydrogens is 180 g/mol. The van der Waals surface area contributed by atoms with Crippen LogP contribution in [0.2, 0.25) is 0 Å². The van der Waals surface area contributed by atoms with Gasteiger partial charge in [-0.1, -0.05) is 0 Å². The van der Waals surface area contributed by atoms with E-state index in [9.17, 15) is 4.79 Å². The zero-order valence-electron chi connectivity index (χ0n) is 8.63. The molecule has 1 fully saturated rings. The second kappa shape index (κ2) is 6.79. The van der Waals surface area contributed by atoms with Gasteiger partial charge in [-0.2, -0.15) is 0 Å². The molecule has 1 unspecified atom stereocenters. The van der Waals surface area contributed by atoms with Gasteiger partial charge < -0.3 is 15.8 Å². The van der Waals surface area contributed by atoms with E-state index in [0.717, 1.165) is 25.9 Å². The van der Waals surface area contributed by atoms with Crippen molar-refractivity contribution in [2.24, 2.45) is 5.73 Å². The Hall–Kier alpha value is -0.610. The van der Waals surface area contributed by atoms with E-state index in [1.165, 1.54) is 6.42 Å².